The second-order valence-corrected chi connectivity index (χ2v) is 9.51. The minimum atomic E-state index is -3.65. The number of nitrogens with zero attached hydrogens (tertiary/aromatic N) is 3. The summed E-state index contributed by atoms with van der Waals surface area (Å²) in [5, 5.41) is 0.754. The smallest absolute Gasteiger partial charge is 0.261 e. The van der Waals surface area contributed by atoms with Crippen molar-refractivity contribution < 1.29 is 12.8 Å². The lowest BCUT2D eigenvalue weighted by Gasteiger charge is -2.32. The molecule has 0 bridgehead atoms. The van der Waals surface area contributed by atoms with E-state index in [4.69, 9.17) is 11.6 Å². The predicted octanol–water partition coefficient (Wildman–Crippen LogP) is 3.52. The number of hydrogen-bond donors (Lipinski definition) is 0. The first-order valence-corrected chi connectivity index (χ1v) is 11.0. The van der Waals surface area contributed by atoms with E-state index in [0.29, 0.717) is 28.8 Å². The summed E-state index contributed by atoms with van der Waals surface area (Å²) < 4.78 is 42.1. The van der Waals surface area contributed by atoms with Gasteiger partial charge in [0.1, 0.15) is 5.82 Å². The van der Waals surface area contributed by atoms with E-state index in [2.05, 4.69) is 4.98 Å². The molecule has 0 spiro atoms. The van der Waals surface area contributed by atoms with Gasteiger partial charge in [0.15, 0.2) is 0 Å². The molecule has 1 fully saturated rings. The van der Waals surface area contributed by atoms with Crippen LogP contribution in [-0.4, -0.2) is 35.4 Å². The Morgan fingerprint density at radius 1 is 1.14 bits per heavy atom. The van der Waals surface area contributed by atoms with Crippen molar-refractivity contribution in [3.63, 3.8) is 0 Å². The summed E-state index contributed by atoms with van der Waals surface area (Å²) in [6.45, 7) is 2.38. The molecule has 4 rings (SSSR count). The lowest BCUT2D eigenvalue weighted by Crippen LogP contribution is -2.40. The van der Waals surface area contributed by atoms with Gasteiger partial charge in [-0.3, -0.25) is 9.36 Å². The van der Waals surface area contributed by atoms with Gasteiger partial charge in [-0.15, -0.1) is 0 Å². The molecule has 0 N–H and O–H groups in total. The van der Waals surface area contributed by atoms with Crippen molar-refractivity contribution in [2.45, 2.75) is 30.7 Å². The summed E-state index contributed by atoms with van der Waals surface area (Å²) in [6.07, 6.45) is 2.37. The highest BCUT2D eigenvalue weighted by Gasteiger charge is 2.30. The topological polar surface area (TPSA) is 72.3 Å². The Morgan fingerprint density at radius 3 is 2.55 bits per heavy atom. The van der Waals surface area contributed by atoms with Crippen LogP contribution in [0.2, 0.25) is 5.02 Å². The Balaban J connectivity index is 1.56. The number of rotatable bonds is 3. The van der Waals surface area contributed by atoms with Crippen LogP contribution in [0.15, 0.2) is 52.4 Å². The molecule has 152 valence electrons. The van der Waals surface area contributed by atoms with Crippen LogP contribution >= 0.6 is 11.6 Å². The lowest BCUT2D eigenvalue weighted by atomic mass is 10.1. The van der Waals surface area contributed by atoms with Crippen molar-refractivity contribution in [3.05, 3.63) is 69.5 Å². The van der Waals surface area contributed by atoms with Gasteiger partial charge in [-0.2, -0.15) is 4.31 Å². The minimum absolute atomic E-state index is 0.165. The average Bonchev–Trinajstić information content (AvgIpc) is 2.70. The summed E-state index contributed by atoms with van der Waals surface area (Å²) in [7, 11) is -3.65. The molecule has 0 amide bonds. The van der Waals surface area contributed by atoms with Crippen molar-refractivity contribution >= 4 is 32.5 Å². The van der Waals surface area contributed by atoms with Crippen LogP contribution in [0.1, 0.15) is 24.4 Å². The Bertz CT molecular complexity index is 1250. The quantitative estimate of drug-likeness (QED) is 0.631. The normalized spacial score (nSPS) is 16.4. The van der Waals surface area contributed by atoms with Gasteiger partial charge in [0.05, 0.1) is 22.1 Å². The van der Waals surface area contributed by atoms with E-state index in [0.717, 1.165) is 5.56 Å². The van der Waals surface area contributed by atoms with Crippen molar-refractivity contribution in [2.24, 2.45) is 0 Å². The van der Waals surface area contributed by atoms with E-state index in [-0.39, 0.29) is 29.6 Å². The molecule has 29 heavy (non-hydrogen) atoms. The maximum Gasteiger partial charge on any atom is 0.261 e. The van der Waals surface area contributed by atoms with Crippen molar-refractivity contribution in [2.75, 3.05) is 13.1 Å². The molecule has 0 unspecified atom stereocenters. The monoisotopic (exact) mass is 435 g/mol. The van der Waals surface area contributed by atoms with E-state index in [1.165, 1.54) is 39.5 Å². The first-order chi connectivity index (χ1) is 13.8. The zero-order valence-electron chi connectivity index (χ0n) is 15.7. The van der Waals surface area contributed by atoms with Gasteiger partial charge in [0, 0.05) is 30.2 Å². The van der Waals surface area contributed by atoms with Gasteiger partial charge in [-0.05, 0) is 49.6 Å². The number of piperidine rings is 1. The highest BCUT2D eigenvalue weighted by molar-refractivity contribution is 7.89. The third-order valence-corrected chi connectivity index (χ3v) is 7.65. The number of fused-ring (bicyclic) bond motifs is 1. The van der Waals surface area contributed by atoms with Crippen LogP contribution in [-0.2, 0) is 10.0 Å². The van der Waals surface area contributed by atoms with Crippen LogP contribution in [0.25, 0.3) is 10.9 Å². The van der Waals surface area contributed by atoms with Crippen LogP contribution in [0, 0.1) is 12.7 Å². The summed E-state index contributed by atoms with van der Waals surface area (Å²) in [4.78, 5) is 17.1. The second-order valence-electron chi connectivity index (χ2n) is 7.16. The van der Waals surface area contributed by atoms with Crippen LogP contribution in [0.3, 0.4) is 0 Å². The molecule has 6 nitrogen and oxygen atoms in total. The number of benzene rings is 2. The number of sulfonamides is 1. The predicted molar refractivity (Wildman–Crippen MR) is 109 cm³/mol. The molecule has 3 aromatic rings. The van der Waals surface area contributed by atoms with E-state index < -0.39 is 15.8 Å². The molecule has 0 saturated carbocycles. The molecule has 0 aliphatic carbocycles. The van der Waals surface area contributed by atoms with Gasteiger partial charge in [0.2, 0.25) is 10.0 Å². The fraction of sp³-hybridized carbons (Fsp3) is 0.300. The SMILES string of the molecule is Cc1ccc(S(=O)(=O)N2CCC(n3cnc4cc(F)ccc4c3=O)CC2)cc1Cl. The van der Waals surface area contributed by atoms with E-state index >= 15 is 0 Å². The maximum absolute atomic E-state index is 13.3. The van der Waals surface area contributed by atoms with Crippen LogP contribution in [0.4, 0.5) is 4.39 Å². The van der Waals surface area contributed by atoms with Gasteiger partial charge in [-0.25, -0.2) is 17.8 Å². The zero-order chi connectivity index (χ0) is 20.8. The fourth-order valence-electron chi connectivity index (χ4n) is 3.61. The number of aryl methyl sites for hydroxylation is 1. The standard InChI is InChI=1S/C20H19ClFN3O3S/c1-13-2-4-16(11-18(13)21)29(27,28)24-8-6-15(7-9-24)25-12-23-19-10-14(22)3-5-17(19)20(25)26/h2-5,10-12,15H,6-9H2,1H3. The summed E-state index contributed by atoms with van der Waals surface area (Å²) in [5.41, 5.74) is 0.872. The molecule has 9 heteroatoms. The fourth-order valence-corrected chi connectivity index (χ4v) is 5.35. The van der Waals surface area contributed by atoms with Crippen molar-refractivity contribution in [3.8, 4) is 0 Å². The molecule has 2 heterocycles. The lowest BCUT2D eigenvalue weighted by molar-refractivity contribution is 0.269. The molecule has 1 aromatic heterocycles. The minimum Gasteiger partial charge on any atom is -0.296 e. The third-order valence-electron chi connectivity index (χ3n) is 5.34. The third kappa shape index (κ3) is 3.68. The Labute approximate surface area is 172 Å². The average molecular weight is 436 g/mol. The maximum atomic E-state index is 13.3. The molecule has 0 radical (unpaired) electrons. The van der Waals surface area contributed by atoms with Crippen LogP contribution < -0.4 is 5.56 Å². The van der Waals surface area contributed by atoms with Gasteiger partial charge in [-0.1, -0.05) is 17.7 Å². The van der Waals surface area contributed by atoms with Crippen molar-refractivity contribution in [1.29, 1.82) is 0 Å². The van der Waals surface area contributed by atoms with E-state index in [9.17, 15) is 17.6 Å². The zero-order valence-corrected chi connectivity index (χ0v) is 17.3. The Hall–Kier alpha value is -2.29. The summed E-state index contributed by atoms with van der Waals surface area (Å²) >= 11 is 6.09. The largest absolute Gasteiger partial charge is 0.296 e. The second kappa shape index (κ2) is 7.51. The van der Waals surface area contributed by atoms with Crippen molar-refractivity contribution in [1.82, 2.24) is 13.9 Å². The first-order valence-electron chi connectivity index (χ1n) is 9.20. The van der Waals surface area contributed by atoms with E-state index in [1.54, 1.807) is 12.1 Å². The number of halogens is 2. The highest BCUT2D eigenvalue weighted by Crippen LogP contribution is 2.28. The number of aromatic nitrogens is 2. The van der Waals surface area contributed by atoms with E-state index in [1.807, 2.05) is 6.92 Å². The van der Waals surface area contributed by atoms with Gasteiger partial charge in [0.25, 0.3) is 5.56 Å². The van der Waals surface area contributed by atoms with Gasteiger partial charge >= 0.3 is 0 Å². The Morgan fingerprint density at radius 2 is 1.86 bits per heavy atom. The summed E-state index contributed by atoms with van der Waals surface area (Å²) in [5.74, 6) is -0.447. The number of hydrogen-bond acceptors (Lipinski definition) is 4. The molecular formula is C20H19ClFN3O3S. The first kappa shape index (κ1) is 20.0. The molecule has 1 aliphatic rings. The molecular weight excluding hydrogens is 417 g/mol. The molecule has 1 saturated heterocycles. The molecule has 2 aromatic carbocycles. The Kier molecular flexibility index (Phi) is 5.18. The van der Waals surface area contributed by atoms with Gasteiger partial charge < -0.3 is 0 Å². The molecule has 0 atom stereocenters. The van der Waals surface area contributed by atoms with Crippen LogP contribution in [0.5, 0.6) is 0 Å². The highest BCUT2D eigenvalue weighted by atomic mass is 35.5. The molecule has 1 aliphatic heterocycles. The summed E-state index contributed by atoms with van der Waals surface area (Å²) in [6, 6.07) is 8.43.